The summed E-state index contributed by atoms with van der Waals surface area (Å²) in [5.74, 6) is 0.142. The predicted molar refractivity (Wildman–Crippen MR) is 140 cm³/mol. The van der Waals surface area contributed by atoms with E-state index in [1.54, 1.807) is 48.5 Å². The van der Waals surface area contributed by atoms with Crippen molar-refractivity contribution in [3.63, 3.8) is 0 Å². The molecule has 0 aliphatic rings. The van der Waals surface area contributed by atoms with Gasteiger partial charge in [-0.15, -0.1) is 9.24 Å². The summed E-state index contributed by atoms with van der Waals surface area (Å²) >= 11 is 0. The Morgan fingerprint density at radius 3 is 2.09 bits per heavy atom. The summed E-state index contributed by atoms with van der Waals surface area (Å²) in [5.41, 5.74) is 1.11. The van der Waals surface area contributed by atoms with Gasteiger partial charge in [0.25, 0.3) is 0 Å². The van der Waals surface area contributed by atoms with Crippen molar-refractivity contribution in [1.29, 1.82) is 0 Å². The fourth-order valence-corrected chi connectivity index (χ4v) is 3.71. The molecule has 0 aliphatic carbocycles. The minimum atomic E-state index is -0.485. The van der Waals surface area contributed by atoms with Gasteiger partial charge in [0.1, 0.15) is 11.5 Å². The molecule has 35 heavy (non-hydrogen) atoms. The molecule has 0 saturated heterocycles. The third-order valence-corrected chi connectivity index (χ3v) is 5.57. The topological polar surface area (TPSA) is 90.9 Å². The lowest BCUT2D eigenvalue weighted by Crippen LogP contribution is -2.24. The first kappa shape index (κ1) is 28.3. The minimum Gasteiger partial charge on any atom is -0.494 e. The number of rotatable bonds is 12. The molecule has 0 heterocycles. The maximum absolute atomic E-state index is 12.3. The van der Waals surface area contributed by atoms with E-state index in [1.807, 2.05) is 0 Å². The third-order valence-electron chi connectivity index (χ3n) is 5.00. The molecule has 8 heteroatoms. The van der Waals surface area contributed by atoms with Crippen LogP contribution in [-0.4, -0.2) is 37.2 Å². The molecule has 0 saturated carbocycles. The van der Waals surface area contributed by atoms with E-state index in [1.165, 1.54) is 6.92 Å². The number of carbonyl (C=O) groups is 3. The van der Waals surface area contributed by atoms with Gasteiger partial charge in [-0.3, -0.25) is 9.59 Å². The van der Waals surface area contributed by atoms with E-state index in [0.717, 1.165) is 19.3 Å². The highest BCUT2D eigenvalue weighted by Crippen LogP contribution is 2.26. The number of unbranched alkanes of at least 4 members (excludes halogenated alkanes) is 1. The van der Waals surface area contributed by atoms with E-state index in [-0.39, 0.29) is 23.2 Å². The summed E-state index contributed by atoms with van der Waals surface area (Å²) in [5, 5.41) is 2.65. The monoisotopic (exact) mass is 501 g/mol. The predicted octanol–water partition coefficient (Wildman–Crippen LogP) is 5.49. The first-order valence-electron chi connectivity index (χ1n) is 11.8. The van der Waals surface area contributed by atoms with Gasteiger partial charge in [0.15, 0.2) is 0 Å². The van der Waals surface area contributed by atoms with E-state index in [9.17, 15) is 14.4 Å². The van der Waals surface area contributed by atoms with E-state index >= 15 is 0 Å². The molecule has 190 valence electrons. The van der Waals surface area contributed by atoms with Crippen molar-refractivity contribution in [2.75, 3.05) is 24.7 Å². The molecule has 0 aliphatic heterocycles. The highest BCUT2D eigenvalue weighted by atomic mass is 31.0. The summed E-state index contributed by atoms with van der Waals surface area (Å²) in [6.07, 6.45) is 2.97. The standard InChI is InChI=1S/C27H36NO6P/c1-19(29)28-22-9-13-24(14-10-22)34-26(31)20-7-11-23(12-8-20)32-15-5-6-16-33-25(30)21(18-35)17-27(2,3)4/h7-14,21H,5-6,15-18,35H2,1-4H3,(H,28,29). The van der Waals surface area contributed by atoms with Gasteiger partial charge in [-0.25, -0.2) is 4.79 Å². The second kappa shape index (κ2) is 13.8. The molecule has 0 bridgehead atoms. The second-order valence-corrected chi connectivity index (χ2v) is 10.0. The molecule has 7 nitrogen and oxygen atoms in total. The fourth-order valence-electron chi connectivity index (χ4n) is 3.35. The van der Waals surface area contributed by atoms with Crippen molar-refractivity contribution < 1.29 is 28.6 Å². The van der Waals surface area contributed by atoms with Crippen molar-refractivity contribution in [3.8, 4) is 11.5 Å². The van der Waals surface area contributed by atoms with Gasteiger partial charge in [-0.2, -0.15) is 0 Å². The van der Waals surface area contributed by atoms with E-state index in [4.69, 9.17) is 14.2 Å². The Morgan fingerprint density at radius 2 is 1.51 bits per heavy atom. The number of hydrogen-bond acceptors (Lipinski definition) is 6. The molecular formula is C27H36NO6P. The van der Waals surface area contributed by atoms with Gasteiger partial charge >= 0.3 is 11.9 Å². The van der Waals surface area contributed by atoms with Gasteiger partial charge in [0.2, 0.25) is 5.91 Å². The molecule has 0 radical (unpaired) electrons. The van der Waals surface area contributed by atoms with Crippen molar-refractivity contribution in [1.82, 2.24) is 0 Å². The molecule has 2 aromatic carbocycles. The number of ether oxygens (including phenoxy) is 3. The molecule has 0 aromatic heterocycles. The highest BCUT2D eigenvalue weighted by Gasteiger charge is 2.24. The van der Waals surface area contributed by atoms with Gasteiger partial charge < -0.3 is 19.5 Å². The van der Waals surface area contributed by atoms with Crippen LogP contribution < -0.4 is 14.8 Å². The number of hydrogen-bond donors (Lipinski definition) is 1. The smallest absolute Gasteiger partial charge is 0.343 e. The van der Waals surface area contributed by atoms with Gasteiger partial charge in [0.05, 0.1) is 24.7 Å². The minimum absolute atomic E-state index is 0.0840. The zero-order valence-corrected chi connectivity index (χ0v) is 22.1. The normalized spacial score (nSPS) is 11.9. The lowest BCUT2D eigenvalue weighted by Gasteiger charge is -2.23. The Balaban J connectivity index is 1.69. The van der Waals surface area contributed by atoms with Crippen LogP contribution in [0.3, 0.4) is 0 Å². The molecule has 0 spiro atoms. The first-order valence-corrected chi connectivity index (χ1v) is 12.6. The maximum atomic E-state index is 12.3. The van der Waals surface area contributed by atoms with Crippen LogP contribution in [0.2, 0.25) is 0 Å². The average molecular weight is 502 g/mol. The van der Waals surface area contributed by atoms with E-state index in [0.29, 0.717) is 42.1 Å². The number of benzene rings is 2. The number of anilines is 1. The van der Waals surface area contributed by atoms with Crippen molar-refractivity contribution in [2.45, 2.75) is 47.0 Å². The summed E-state index contributed by atoms with van der Waals surface area (Å²) in [7, 11) is 2.63. The number of carbonyl (C=O) groups excluding carboxylic acids is 3. The van der Waals surface area contributed by atoms with Crippen molar-refractivity contribution in [2.24, 2.45) is 11.3 Å². The number of amides is 1. The molecule has 1 N–H and O–H groups in total. The van der Waals surface area contributed by atoms with Crippen LogP contribution in [-0.2, 0) is 14.3 Å². The number of nitrogens with one attached hydrogen (secondary N) is 1. The zero-order valence-electron chi connectivity index (χ0n) is 21.0. The van der Waals surface area contributed by atoms with Crippen LogP contribution in [0.4, 0.5) is 5.69 Å². The van der Waals surface area contributed by atoms with Gasteiger partial charge in [-0.05, 0) is 79.4 Å². The van der Waals surface area contributed by atoms with Crippen LogP contribution >= 0.6 is 9.24 Å². The molecular weight excluding hydrogens is 465 g/mol. The first-order chi connectivity index (χ1) is 16.6. The molecule has 2 unspecified atom stereocenters. The Labute approximate surface area is 210 Å². The Bertz CT molecular complexity index is 967. The largest absolute Gasteiger partial charge is 0.494 e. The number of esters is 2. The SMILES string of the molecule is CC(=O)Nc1ccc(OC(=O)c2ccc(OCCCCOC(=O)C(CP)CC(C)(C)C)cc2)cc1. The molecule has 0 fully saturated rings. The summed E-state index contributed by atoms with van der Waals surface area (Å²) in [4.78, 5) is 35.7. The van der Waals surface area contributed by atoms with Crippen LogP contribution in [0, 0.1) is 11.3 Å². The third kappa shape index (κ3) is 10.9. The van der Waals surface area contributed by atoms with Crippen LogP contribution in [0.1, 0.15) is 57.3 Å². The van der Waals surface area contributed by atoms with Crippen LogP contribution in [0.5, 0.6) is 11.5 Å². The summed E-state index contributed by atoms with van der Waals surface area (Å²) < 4.78 is 16.5. The van der Waals surface area contributed by atoms with Crippen molar-refractivity contribution >= 4 is 32.8 Å². The molecule has 1 amide bonds. The average Bonchev–Trinajstić information content (AvgIpc) is 2.80. The maximum Gasteiger partial charge on any atom is 0.343 e. The Kier molecular flexibility index (Phi) is 11.2. The van der Waals surface area contributed by atoms with E-state index in [2.05, 4.69) is 35.3 Å². The highest BCUT2D eigenvalue weighted by molar-refractivity contribution is 7.16. The molecule has 2 rings (SSSR count). The Morgan fingerprint density at radius 1 is 0.914 bits per heavy atom. The van der Waals surface area contributed by atoms with Crippen LogP contribution in [0.15, 0.2) is 48.5 Å². The van der Waals surface area contributed by atoms with Crippen molar-refractivity contribution in [3.05, 3.63) is 54.1 Å². The van der Waals surface area contributed by atoms with Gasteiger partial charge in [-0.1, -0.05) is 20.8 Å². The Hall–Kier alpha value is -2.92. The lowest BCUT2D eigenvalue weighted by molar-refractivity contribution is -0.148. The van der Waals surface area contributed by atoms with E-state index < -0.39 is 5.97 Å². The quantitative estimate of drug-likeness (QED) is 0.179. The summed E-state index contributed by atoms with van der Waals surface area (Å²) in [6.45, 7) is 8.65. The van der Waals surface area contributed by atoms with Gasteiger partial charge in [0, 0.05) is 12.6 Å². The zero-order chi connectivity index (χ0) is 25.8. The fraction of sp³-hybridized carbons (Fsp3) is 0.444. The van der Waals surface area contributed by atoms with Crippen LogP contribution in [0.25, 0.3) is 0 Å². The molecule has 2 aromatic rings. The second-order valence-electron chi connectivity index (χ2n) is 9.54. The molecule has 2 atom stereocenters. The summed E-state index contributed by atoms with van der Waals surface area (Å²) in [6, 6.07) is 13.3. The lowest BCUT2D eigenvalue weighted by atomic mass is 9.85.